The van der Waals surface area contributed by atoms with Crippen molar-refractivity contribution in [1.82, 2.24) is 0 Å². The van der Waals surface area contributed by atoms with Gasteiger partial charge in [-0.25, -0.2) is 9.59 Å². The molecule has 250 valence electrons. The minimum atomic E-state index is -0.813. The van der Waals surface area contributed by atoms with Gasteiger partial charge in [0.05, 0.1) is 24.9 Å². The highest BCUT2D eigenvalue weighted by Crippen LogP contribution is 2.66. The molecular formula is C36H46O10. The Morgan fingerprint density at radius 3 is 2.37 bits per heavy atom. The second-order valence-electron chi connectivity index (χ2n) is 13.4. The lowest BCUT2D eigenvalue weighted by Crippen LogP contribution is -2.61. The number of esters is 4. The van der Waals surface area contributed by atoms with Crippen LogP contribution in [0.3, 0.4) is 0 Å². The molecule has 2 saturated carbocycles. The van der Waals surface area contributed by atoms with Crippen molar-refractivity contribution < 1.29 is 47.6 Å². The summed E-state index contributed by atoms with van der Waals surface area (Å²) in [6, 6.07) is 7.24. The van der Waals surface area contributed by atoms with Crippen LogP contribution in [0.15, 0.2) is 42.0 Å². The standard InChI is InChI=1S/C36H46O10/c1-6-30(37)43-21-35(4)27-16-19-36(22-44-36)28(34(27,3)18-17-29(35)46-31(38)7-2)14-13-25-26(20-42-33(25)40)45-32(39)15-10-23-8-11-24(41-5)12-9-23/h8-13,15,26-29H,6-7,14,16-22H2,1-5H3/b15-10+,25-13-/t26-,27?,28+,29-,34+,35+,36?/m1/s1. The number of carbonyl (C=O) groups is 4. The predicted octanol–water partition coefficient (Wildman–Crippen LogP) is 5.37. The van der Waals surface area contributed by atoms with Gasteiger partial charge in [-0.2, -0.15) is 0 Å². The molecule has 46 heavy (non-hydrogen) atoms. The van der Waals surface area contributed by atoms with Crippen molar-refractivity contribution in [3.8, 4) is 5.75 Å². The van der Waals surface area contributed by atoms with Crippen LogP contribution in [0, 0.1) is 22.7 Å². The van der Waals surface area contributed by atoms with Crippen molar-refractivity contribution in [2.75, 3.05) is 26.9 Å². The van der Waals surface area contributed by atoms with Gasteiger partial charge in [-0.05, 0) is 73.1 Å². The maximum absolute atomic E-state index is 12.8. The third kappa shape index (κ3) is 6.73. The van der Waals surface area contributed by atoms with Crippen LogP contribution in [0.4, 0.5) is 0 Å². The summed E-state index contributed by atoms with van der Waals surface area (Å²) in [6.07, 6.45) is 7.78. The van der Waals surface area contributed by atoms with Gasteiger partial charge >= 0.3 is 23.9 Å². The van der Waals surface area contributed by atoms with Gasteiger partial charge in [0.15, 0.2) is 6.10 Å². The number of epoxide rings is 1. The lowest BCUT2D eigenvalue weighted by atomic mass is 9.45. The zero-order valence-corrected chi connectivity index (χ0v) is 27.5. The number of benzene rings is 1. The molecule has 10 heteroatoms. The first-order valence-corrected chi connectivity index (χ1v) is 16.4. The number of methoxy groups -OCH3 is 1. The Bertz CT molecular complexity index is 1380. The summed E-state index contributed by atoms with van der Waals surface area (Å²) < 4.78 is 34.0. The molecule has 2 aliphatic heterocycles. The molecule has 2 unspecified atom stereocenters. The van der Waals surface area contributed by atoms with E-state index in [2.05, 4.69) is 13.8 Å². The molecule has 4 fully saturated rings. The molecule has 7 atom stereocenters. The lowest BCUT2D eigenvalue weighted by Gasteiger charge is -2.61. The van der Waals surface area contributed by atoms with Crippen LogP contribution >= 0.6 is 0 Å². The Morgan fingerprint density at radius 2 is 1.72 bits per heavy atom. The number of ether oxygens (including phenoxy) is 6. The molecule has 10 nitrogen and oxygen atoms in total. The summed E-state index contributed by atoms with van der Waals surface area (Å²) in [5, 5.41) is 0. The lowest BCUT2D eigenvalue weighted by molar-refractivity contribution is -0.203. The molecule has 2 saturated heterocycles. The highest BCUT2D eigenvalue weighted by atomic mass is 16.6. The summed E-state index contributed by atoms with van der Waals surface area (Å²) in [7, 11) is 1.59. The molecule has 0 bridgehead atoms. The highest BCUT2D eigenvalue weighted by Gasteiger charge is 2.67. The second kappa shape index (κ2) is 13.6. The molecule has 5 rings (SSSR count). The number of carbonyl (C=O) groups excluding carboxylic acids is 4. The van der Waals surface area contributed by atoms with E-state index in [1.807, 2.05) is 18.2 Å². The van der Waals surface area contributed by atoms with E-state index in [0.717, 1.165) is 24.8 Å². The van der Waals surface area contributed by atoms with Gasteiger partial charge in [0, 0.05) is 24.3 Å². The Kier molecular flexibility index (Phi) is 9.96. The summed E-state index contributed by atoms with van der Waals surface area (Å²) in [5.74, 6) is -0.799. The number of rotatable bonds is 11. The van der Waals surface area contributed by atoms with E-state index in [9.17, 15) is 19.2 Å². The van der Waals surface area contributed by atoms with E-state index in [0.29, 0.717) is 30.8 Å². The Labute approximate surface area is 270 Å². The normalized spacial score (nSPS) is 34.2. The minimum Gasteiger partial charge on any atom is -0.497 e. The van der Waals surface area contributed by atoms with Crippen LogP contribution in [0.25, 0.3) is 6.08 Å². The van der Waals surface area contributed by atoms with Crippen molar-refractivity contribution in [3.63, 3.8) is 0 Å². The molecule has 0 amide bonds. The molecule has 1 spiro atoms. The van der Waals surface area contributed by atoms with Gasteiger partial charge in [0.2, 0.25) is 0 Å². The van der Waals surface area contributed by atoms with Crippen LogP contribution in [-0.4, -0.2) is 68.6 Å². The molecule has 2 heterocycles. The van der Waals surface area contributed by atoms with E-state index in [1.54, 1.807) is 39.2 Å². The number of hydrogen-bond donors (Lipinski definition) is 0. The molecule has 1 aromatic carbocycles. The number of cyclic esters (lactones) is 1. The van der Waals surface area contributed by atoms with E-state index in [4.69, 9.17) is 28.4 Å². The largest absolute Gasteiger partial charge is 0.497 e. The van der Waals surface area contributed by atoms with Crippen LogP contribution in [0.1, 0.15) is 78.2 Å². The average Bonchev–Trinajstić information content (AvgIpc) is 3.74. The van der Waals surface area contributed by atoms with E-state index in [-0.39, 0.29) is 66.9 Å². The van der Waals surface area contributed by atoms with Gasteiger partial charge in [-0.3, -0.25) is 9.59 Å². The minimum absolute atomic E-state index is 0.0370. The predicted molar refractivity (Wildman–Crippen MR) is 167 cm³/mol. The fourth-order valence-electron chi connectivity index (χ4n) is 8.13. The average molecular weight is 639 g/mol. The molecule has 4 aliphatic rings. The third-order valence-corrected chi connectivity index (χ3v) is 10.8. The van der Waals surface area contributed by atoms with Crippen molar-refractivity contribution >= 4 is 30.0 Å². The third-order valence-electron chi connectivity index (χ3n) is 10.8. The molecule has 0 N–H and O–H groups in total. The van der Waals surface area contributed by atoms with Crippen LogP contribution in [0.5, 0.6) is 5.75 Å². The van der Waals surface area contributed by atoms with Gasteiger partial charge in [-0.1, -0.05) is 45.9 Å². The smallest absolute Gasteiger partial charge is 0.337 e. The topological polar surface area (TPSA) is 127 Å². The van der Waals surface area contributed by atoms with Crippen LogP contribution < -0.4 is 4.74 Å². The van der Waals surface area contributed by atoms with Crippen LogP contribution in [-0.2, 0) is 42.9 Å². The van der Waals surface area contributed by atoms with Crippen molar-refractivity contribution in [2.24, 2.45) is 22.7 Å². The first kappa shape index (κ1) is 33.7. The van der Waals surface area contributed by atoms with E-state index < -0.39 is 23.5 Å². The number of hydrogen-bond acceptors (Lipinski definition) is 10. The molecule has 2 aliphatic carbocycles. The Balaban J connectivity index is 1.35. The van der Waals surface area contributed by atoms with Gasteiger partial charge in [0.25, 0.3) is 0 Å². The molecule has 0 aromatic heterocycles. The first-order chi connectivity index (χ1) is 22.0. The first-order valence-electron chi connectivity index (χ1n) is 16.4. The van der Waals surface area contributed by atoms with E-state index in [1.165, 1.54) is 6.08 Å². The second-order valence-corrected chi connectivity index (χ2v) is 13.4. The molecule has 0 radical (unpaired) electrons. The van der Waals surface area contributed by atoms with Crippen molar-refractivity contribution in [1.29, 1.82) is 0 Å². The van der Waals surface area contributed by atoms with Crippen molar-refractivity contribution in [3.05, 3.63) is 47.6 Å². The number of fused-ring (bicyclic) bond motifs is 1. The number of allylic oxidation sites excluding steroid dienone is 1. The maximum atomic E-state index is 12.8. The Hall–Kier alpha value is -3.66. The van der Waals surface area contributed by atoms with E-state index >= 15 is 0 Å². The zero-order valence-electron chi connectivity index (χ0n) is 27.5. The fourth-order valence-corrected chi connectivity index (χ4v) is 8.13. The van der Waals surface area contributed by atoms with Crippen LogP contribution in [0.2, 0.25) is 0 Å². The fraction of sp³-hybridized carbons (Fsp3) is 0.611. The summed E-state index contributed by atoms with van der Waals surface area (Å²) in [5.41, 5.74) is -0.0306. The van der Waals surface area contributed by atoms with Gasteiger partial charge in [0.1, 0.15) is 25.1 Å². The van der Waals surface area contributed by atoms with Gasteiger partial charge in [-0.15, -0.1) is 0 Å². The SMILES string of the molecule is CCC(=O)OC[C@@]1(C)C2CCC3(CO3)[C@@H](C/C=C3\C(=O)OC[C@H]3OC(=O)/C=C/c3ccc(OC)cc3)[C@@]2(C)CC[C@H]1OC(=O)CC. The van der Waals surface area contributed by atoms with Crippen molar-refractivity contribution in [2.45, 2.75) is 90.4 Å². The molecular weight excluding hydrogens is 592 g/mol. The highest BCUT2D eigenvalue weighted by molar-refractivity contribution is 5.93. The zero-order chi connectivity index (χ0) is 33.1. The Morgan fingerprint density at radius 1 is 1.00 bits per heavy atom. The molecule has 1 aromatic rings. The summed E-state index contributed by atoms with van der Waals surface area (Å²) in [4.78, 5) is 50.3. The maximum Gasteiger partial charge on any atom is 0.337 e. The monoisotopic (exact) mass is 638 g/mol. The van der Waals surface area contributed by atoms with Gasteiger partial charge < -0.3 is 28.4 Å². The summed E-state index contributed by atoms with van der Waals surface area (Å²) in [6.45, 7) is 8.64. The summed E-state index contributed by atoms with van der Waals surface area (Å²) >= 11 is 0. The quantitative estimate of drug-likeness (QED) is 0.135.